The Hall–Kier alpha value is -1.97. The molecule has 0 aliphatic carbocycles. The number of hydrogen-bond acceptors (Lipinski definition) is 3. The minimum Gasteiger partial charge on any atom is -0.283 e. The highest BCUT2D eigenvalue weighted by Crippen LogP contribution is 2.26. The monoisotopic (exact) mass is 242 g/mol. The Kier molecular flexibility index (Phi) is 2.70. The second-order valence-electron chi connectivity index (χ2n) is 4.68. The van der Waals surface area contributed by atoms with Gasteiger partial charge < -0.3 is 0 Å². The summed E-state index contributed by atoms with van der Waals surface area (Å²) in [4.78, 5) is 29.9. The fourth-order valence-corrected chi connectivity index (χ4v) is 2.54. The topological polar surface area (TPSA) is 49.7 Å². The zero-order valence-electron chi connectivity index (χ0n) is 10.0. The van der Waals surface area contributed by atoms with Crippen LogP contribution in [0, 0.1) is 5.92 Å². The van der Waals surface area contributed by atoms with Gasteiger partial charge in [-0.25, -0.2) is 0 Å². The fourth-order valence-electron chi connectivity index (χ4n) is 2.54. The number of aliphatic imine (C=N–C) groups is 1. The first-order valence-electron chi connectivity index (χ1n) is 6.21. The van der Waals surface area contributed by atoms with Crippen LogP contribution in [0.25, 0.3) is 0 Å². The van der Waals surface area contributed by atoms with Crippen molar-refractivity contribution in [3.05, 3.63) is 35.9 Å². The number of carbonyl (C=O) groups excluding carboxylic acids is 2. The molecule has 0 aromatic heterocycles. The zero-order chi connectivity index (χ0) is 12.5. The van der Waals surface area contributed by atoms with Crippen molar-refractivity contribution in [2.75, 3.05) is 6.54 Å². The van der Waals surface area contributed by atoms with Gasteiger partial charge in [-0.15, -0.1) is 0 Å². The predicted molar refractivity (Wildman–Crippen MR) is 67.0 cm³/mol. The lowest BCUT2D eigenvalue weighted by Gasteiger charge is -2.14. The summed E-state index contributed by atoms with van der Waals surface area (Å²) in [6.45, 7) is 1.03. The maximum absolute atomic E-state index is 12.2. The standard InChI is InChI=1S/C14H14N2O2/c17-13-11-7-4-8-15-12(11)14(18)16(13)9-10-5-2-1-3-6-10/h1-3,5-6,11H,4,7-9H2. The van der Waals surface area contributed by atoms with Crippen molar-refractivity contribution in [2.24, 2.45) is 10.9 Å². The normalized spacial score (nSPS) is 23.0. The first-order valence-corrected chi connectivity index (χ1v) is 6.21. The highest BCUT2D eigenvalue weighted by atomic mass is 16.2. The Morgan fingerprint density at radius 1 is 1.22 bits per heavy atom. The van der Waals surface area contributed by atoms with E-state index < -0.39 is 0 Å². The number of carbonyl (C=O) groups is 2. The molecule has 4 nitrogen and oxygen atoms in total. The summed E-state index contributed by atoms with van der Waals surface area (Å²) in [7, 11) is 0. The molecule has 1 saturated heterocycles. The lowest BCUT2D eigenvalue weighted by Crippen LogP contribution is -2.30. The number of likely N-dealkylation sites (tertiary alicyclic amines) is 1. The predicted octanol–water partition coefficient (Wildman–Crippen LogP) is 1.41. The molecule has 4 heteroatoms. The molecule has 1 aromatic rings. The van der Waals surface area contributed by atoms with Gasteiger partial charge in [-0.05, 0) is 18.4 Å². The summed E-state index contributed by atoms with van der Waals surface area (Å²) >= 11 is 0. The van der Waals surface area contributed by atoms with E-state index >= 15 is 0 Å². The van der Waals surface area contributed by atoms with E-state index in [-0.39, 0.29) is 17.7 Å². The molecule has 3 rings (SSSR count). The van der Waals surface area contributed by atoms with Gasteiger partial charge in [0.2, 0.25) is 5.91 Å². The van der Waals surface area contributed by atoms with Gasteiger partial charge >= 0.3 is 0 Å². The minimum absolute atomic E-state index is 0.0812. The summed E-state index contributed by atoms with van der Waals surface area (Å²) < 4.78 is 0. The molecule has 1 unspecified atom stereocenters. The lowest BCUT2D eigenvalue weighted by molar-refractivity contribution is -0.139. The van der Waals surface area contributed by atoms with Crippen LogP contribution in [-0.4, -0.2) is 29.0 Å². The van der Waals surface area contributed by atoms with E-state index in [2.05, 4.69) is 4.99 Å². The first-order chi connectivity index (χ1) is 8.77. The Bertz CT molecular complexity index is 522. The molecular weight excluding hydrogens is 228 g/mol. The van der Waals surface area contributed by atoms with Crippen molar-refractivity contribution in [1.29, 1.82) is 0 Å². The minimum atomic E-state index is -0.282. The van der Waals surface area contributed by atoms with Gasteiger partial charge in [-0.1, -0.05) is 30.3 Å². The largest absolute Gasteiger partial charge is 0.283 e. The summed E-state index contributed by atoms with van der Waals surface area (Å²) in [6, 6.07) is 9.57. The number of fused-ring (bicyclic) bond motifs is 1. The molecule has 0 spiro atoms. The fraction of sp³-hybridized carbons (Fsp3) is 0.357. The van der Waals surface area contributed by atoms with E-state index in [0.29, 0.717) is 18.8 Å². The number of imide groups is 1. The van der Waals surface area contributed by atoms with Crippen LogP contribution in [0.5, 0.6) is 0 Å². The summed E-state index contributed by atoms with van der Waals surface area (Å²) in [5, 5.41) is 0. The SMILES string of the molecule is O=C1C2=NCCCC2C(=O)N1Cc1ccccc1. The van der Waals surface area contributed by atoms with E-state index in [1.807, 2.05) is 30.3 Å². The number of rotatable bonds is 2. The number of nitrogens with zero attached hydrogens (tertiary/aromatic N) is 2. The van der Waals surface area contributed by atoms with Gasteiger partial charge in [0, 0.05) is 6.54 Å². The van der Waals surface area contributed by atoms with Gasteiger partial charge in [-0.3, -0.25) is 19.5 Å². The molecule has 1 aromatic carbocycles. The first kappa shape index (κ1) is 11.1. The molecule has 2 heterocycles. The summed E-state index contributed by atoms with van der Waals surface area (Å²) in [5.74, 6) is -0.564. The summed E-state index contributed by atoms with van der Waals surface area (Å²) in [6.07, 6.45) is 1.65. The molecule has 92 valence electrons. The molecule has 18 heavy (non-hydrogen) atoms. The molecule has 0 bridgehead atoms. The number of amides is 2. The van der Waals surface area contributed by atoms with Gasteiger partial charge in [0.25, 0.3) is 5.91 Å². The summed E-state index contributed by atoms with van der Waals surface area (Å²) in [5.41, 5.74) is 1.45. The van der Waals surface area contributed by atoms with Crippen molar-refractivity contribution in [3.8, 4) is 0 Å². The Labute approximate surface area is 105 Å². The van der Waals surface area contributed by atoms with Gasteiger partial charge in [0.1, 0.15) is 5.71 Å². The average Bonchev–Trinajstić information content (AvgIpc) is 2.66. The molecule has 2 aliphatic heterocycles. The van der Waals surface area contributed by atoms with Crippen LogP contribution in [0.15, 0.2) is 35.3 Å². The molecular formula is C14H14N2O2. The van der Waals surface area contributed by atoms with E-state index in [1.54, 1.807) is 0 Å². The smallest absolute Gasteiger partial charge is 0.275 e. The van der Waals surface area contributed by atoms with Crippen molar-refractivity contribution in [1.82, 2.24) is 4.90 Å². The van der Waals surface area contributed by atoms with Crippen LogP contribution in [0.2, 0.25) is 0 Å². The zero-order valence-corrected chi connectivity index (χ0v) is 10.0. The van der Waals surface area contributed by atoms with Gasteiger partial charge in [-0.2, -0.15) is 0 Å². The Balaban J connectivity index is 1.86. The van der Waals surface area contributed by atoms with Crippen molar-refractivity contribution >= 4 is 17.5 Å². The second kappa shape index (κ2) is 4.37. The molecule has 0 radical (unpaired) electrons. The second-order valence-corrected chi connectivity index (χ2v) is 4.68. The van der Waals surface area contributed by atoms with Crippen molar-refractivity contribution < 1.29 is 9.59 Å². The molecule has 2 amide bonds. The van der Waals surface area contributed by atoms with E-state index in [4.69, 9.17) is 0 Å². The van der Waals surface area contributed by atoms with E-state index in [9.17, 15) is 9.59 Å². The highest BCUT2D eigenvalue weighted by molar-refractivity contribution is 6.50. The quantitative estimate of drug-likeness (QED) is 0.736. The van der Waals surface area contributed by atoms with E-state index in [0.717, 1.165) is 18.4 Å². The lowest BCUT2D eigenvalue weighted by atomic mass is 9.97. The highest BCUT2D eigenvalue weighted by Gasteiger charge is 2.45. The third-order valence-corrected chi connectivity index (χ3v) is 3.48. The molecule has 0 N–H and O–H groups in total. The molecule has 2 aliphatic rings. The van der Waals surface area contributed by atoms with Crippen LogP contribution in [0.4, 0.5) is 0 Å². The Morgan fingerprint density at radius 3 is 2.72 bits per heavy atom. The van der Waals surface area contributed by atoms with Gasteiger partial charge in [0.05, 0.1) is 12.5 Å². The van der Waals surface area contributed by atoms with Crippen LogP contribution in [-0.2, 0) is 16.1 Å². The third-order valence-electron chi connectivity index (χ3n) is 3.48. The third kappa shape index (κ3) is 1.74. The van der Waals surface area contributed by atoms with Crippen LogP contribution in [0.1, 0.15) is 18.4 Å². The Morgan fingerprint density at radius 2 is 2.00 bits per heavy atom. The molecule has 1 atom stereocenters. The molecule has 0 saturated carbocycles. The van der Waals surface area contributed by atoms with Crippen molar-refractivity contribution in [2.45, 2.75) is 19.4 Å². The maximum Gasteiger partial charge on any atom is 0.275 e. The maximum atomic E-state index is 12.2. The van der Waals surface area contributed by atoms with E-state index in [1.165, 1.54) is 4.90 Å². The van der Waals surface area contributed by atoms with Gasteiger partial charge in [0.15, 0.2) is 0 Å². The van der Waals surface area contributed by atoms with Crippen molar-refractivity contribution in [3.63, 3.8) is 0 Å². The molecule has 1 fully saturated rings. The van der Waals surface area contributed by atoms with Crippen LogP contribution < -0.4 is 0 Å². The van der Waals surface area contributed by atoms with Crippen LogP contribution >= 0.6 is 0 Å². The number of benzene rings is 1. The van der Waals surface area contributed by atoms with Crippen LogP contribution in [0.3, 0.4) is 0 Å². The average molecular weight is 242 g/mol. The number of hydrogen-bond donors (Lipinski definition) is 0.